The minimum atomic E-state index is 0. The Labute approximate surface area is 320 Å². The van der Waals surface area contributed by atoms with Gasteiger partial charge in [-0.3, -0.25) is 0 Å². The molecular weight excluding hydrogens is 711 g/mol. The van der Waals surface area contributed by atoms with Crippen LogP contribution in [0.5, 0.6) is 11.5 Å². The van der Waals surface area contributed by atoms with Crippen LogP contribution in [0.1, 0.15) is 57.1 Å². The largest absolute Gasteiger partial charge is 2.00 e. The molecule has 0 aliphatic rings. The van der Waals surface area contributed by atoms with E-state index in [4.69, 9.17) is 9.47 Å². The molecule has 0 saturated heterocycles. The third-order valence-electron chi connectivity index (χ3n) is 8.06. The average molecular weight is 759 g/mol. The summed E-state index contributed by atoms with van der Waals surface area (Å²) in [4.78, 5) is 0. The maximum atomic E-state index is 5.24. The third kappa shape index (κ3) is 11.6. The Balaban J connectivity index is 0.000000420. The molecule has 6 aromatic carbocycles. The summed E-state index contributed by atoms with van der Waals surface area (Å²) in [5.41, 5.74) is 8.00. The summed E-state index contributed by atoms with van der Waals surface area (Å²) >= 11 is 0. The second kappa shape index (κ2) is 22.7. The number of hydrogen-bond donors (Lipinski definition) is 0. The van der Waals surface area contributed by atoms with Gasteiger partial charge in [-0.15, -0.1) is 69.1 Å². The van der Waals surface area contributed by atoms with Crippen LogP contribution in [0.3, 0.4) is 0 Å². The molecule has 0 aromatic heterocycles. The van der Waals surface area contributed by atoms with Crippen LogP contribution in [-0.4, -0.2) is 14.2 Å². The van der Waals surface area contributed by atoms with E-state index in [1.807, 2.05) is 24.3 Å². The van der Waals surface area contributed by atoms with Crippen molar-refractivity contribution in [2.45, 2.75) is 58.8 Å². The van der Waals surface area contributed by atoms with E-state index in [0.717, 1.165) is 17.9 Å². The minimum absolute atomic E-state index is 0. The number of unbranched alkanes of at least 4 members (excludes halogenated alkanes) is 2. The van der Waals surface area contributed by atoms with Crippen molar-refractivity contribution in [2.75, 3.05) is 14.2 Å². The third-order valence-corrected chi connectivity index (χ3v) is 8.06. The van der Waals surface area contributed by atoms with Crippen LogP contribution in [0, 0.1) is 13.8 Å². The molecule has 0 radical (unpaired) electrons. The van der Waals surface area contributed by atoms with Crippen molar-refractivity contribution in [1.82, 2.24) is 0 Å². The van der Waals surface area contributed by atoms with Gasteiger partial charge in [-0.2, -0.15) is 12.1 Å². The molecule has 48 heavy (non-hydrogen) atoms. The first-order chi connectivity index (χ1) is 22.0. The molecule has 2 nitrogen and oxygen atoms in total. The van der Waals surface area contributed by atoms with Gasteiger partial charge in [0.05, 0.1) is 14.2 Å². The predicted molar refractivity (Wildman–Crippen MR) is 196 cm³/mol. The predicted octanol–water partition coefficient (Wildman–Crippen LogP) is 6.20. The second-order valence-corrected chi connectivity index (χ2v) is 11.4. The summed E-state index contributed by atoms with van der Waals surface area (Å²) in [5, 5.41) is 5.39. The van der Waals surface area contributed by atoms with Crippen LogP contribution < -0.4 is 34.3 Å². The van der Waals surface area contributed by atoms with Crippen molar-refractivity contribution < 1.29 is 60.5 Å². The number of ether oxygens (including phenoxy) is 2. The van der Waals surface area contributed by atoms with E-state index in [9.17, 15) is 0 Å². The Kier molecular flexibility index (Phi) is 20.5. The molecule has 6 aromatic rings. The van der Waals surface area contributed by atoms with Crippen LogP contribution in [0.15, 0.2) is 109 Å². The monoisotopic (exact) mass is 756 g/mol. The number of hydrogen-bond acceptors (Lipinski definition) is 2. The fourth-order valence-corrected chi connectivity index (χ4v) is 5.69. The molecule has 0 spiro atoms. The number of benzene rings is 4. The number of rotatable bonds is 10. The van der Waals surface area contributed by atoms with Crippen molar-refractivity contribution in [2.24, 2.45) is 0 Å². The Morgan fingerprint density at radius 1 is 0.562 bits per heavy atom. The van der Waals surface area contributed by atoms with E-state index in [1.165, 1.54) is 93.5 Å². The summed E-state index contributed by atoms with van der Waals surface area (Å²) < 4.78 is 10.5. The van der Waals surface area contributed by atoms with Gasteiger partial charge < -0.3 is 54.6 Å². The zero-order valence-electron chi connectivity index (χ0n) is 28.8. The molecule has 0 aliphatic carbocycles. The summed E-state index contributed by atoms with van der Waals surface area (Å²) in [6, 6.07) is 39.1. The maximum absolute atomic E-state index is 5.24. The number of aryl methyl sites for hydroxylation is 2. The van der Waals surface area contributed by atoms with Gasteiger partial charge in [0.1, 0.15) is 11.5 Å². The van der Waals surface area contributed by atoms with Crippen LogP contribution in [0.25, 0.3) is 43.8 Å². The summed E-state index contributed by atoms with van der Waals surface area (Å²) in [5.74, 6) is 1.80. The van der Waals surface area contributed by atoms with Crippen molar-refractivity contribution >= 4 is 21.5 Å². The Morgan fingerprint density at radius 3 is 1.23 bits per heavy atom. The fraction of sp³-hybridized carbons (Fsp3) is 0.256. The molecule has 0 aliphatic heterocycles. The molecule has 6 rings (SSSR count). The first kappa shape index (κ1) is 43.2. The molecule has 0 bridgehead atoms. The SMILES string of the molecule is CCCCc1cc2c(-c3ccc(OC)cc3)cccc2[cH-]1.CCCCc1cc2c(-c3ccc(OC)cc3)cccc2[cH-]1.[CH2-]C[CH2-].[Cl-].[Cl-].[Zr+2]. The fourth-order valence-electron chi connectivity index (χ4n) is 5.69. The Bertz CT molecular complexity index is 1600. The average Bonchev–Trinajstić information content (AvgIpc) is 3.71. The maximum Gasteiger partial charge on any atom is 2.00 e. The Hall–Kier alpha value is -2.84. The summed E-state index contributed by atoms with van der Waals surface area (Å²) in [6.45, 7) is 11.2. The van der Waals surface area contributed by atoms with Gasteiger partial charge >= 0.3 is 26.2 Å². The number of methoxy groups -OCH3 is 2. The van der Waals surface area contributed by atoms with E-state index >= 15 is 0 Å². The van der Waals surface area contributed by atoms with E-state index in [0.29, 0.717) is 0 Å². The standard InChI is InChI=1S/2C20H21O.C3H6.2ClH.Zr/c2*1-3-4-6-15-13-17-7-5-8-19(20(17)14-15)16-9-11-18(21-2)12-10-16;1-3-2;;;/h2*5,7-14H,3-4,6H2,1-2H3;1-3H2;2*1H;/q2*-1;-2;;;+2/p-2. The zero-order chi connectivity index (χ0) is 32.0. The van der Waals surface area contributed by atoms with Crippen LogP contribution in [0.2, 0.25) is 0 Å². The van der Waals surface area contributed by atoms with Crippen LogP contribution >= 0.6 is 0 Å². The van der Waals surface area contributed by atoms with Gasteiger partial charge in [0, 0.05) is 0 Å². The van der Waals surface area contributed by atoms with Crippen molar-refractivity contribution in [3.63, 3.8) is 0 Å². The first-order valence-electron chi connectivity index (χ1n) is 16.3. The molecule has 0 atom stereocenters. The number of fused-ring (bicyclic) bond motifs is 2. The molecular formula is C43H48Cl2O2Zr-4. The summed E-state index contributed by atoms with van der Waals surface area (Å²) in [6.07, 6.45) is 8.10. The molecule has 0 fully saturated rings. The van der Waals surface area contributed by atoms with Crippen LogP contribution in [0.4, 0.5) is 0 Å². The normalized spacial score (nSPS) is 9.96. The van der Waals surface area contributed by atoms with Gasteiger partial charge in [-0.1, -0.05) is 87.1 Å². The van der Waals surface area contributed by atoms with Gasteiger partial charge in [-0.05, 0) is 48.2 Å². The first-order valence-corrected chi connectivity index (χ1v) is 16.3. The smallest absolute Gasteiger partial charge is 1.00 e. The molecule has 0 amide bonds. The van der Waals surface area contributed by atoms with Gasteiger partial charge in [0.15, 0.2) is 0 Å². The number of halogens is 2. The topological polar surface area (TPSA) is 18.5 Å². The van der Waals surface area contributed by atoms with Crippen molar-refractivity contribution in [1.29, 1.82) is 0 Å². The van der Waals surface area contributed by atoms with Gasteiger partial charge in [0.2, 0.25) is 0 Å². The van der Waals surface area contributed by atoms with E-state index in [2.05, 4.69) is 113 Å². The van der Waals surface area contributed by atoms with Crippen LogP contribution in [-0.2, 0) is 39.0 Å². The second-order valence-electron chi connectivity index (χ2n) is 11.4. The molecule has 0 unspecified atom stereocenters. The molecule has 0 N–H and O–H groups in total. The quantitative estimate of drug-likeness (QED) is 0.155. The Morgan fingerprint density at radius 2 is 0.917 bits per heavy atom. The van der Waals surface area contributed by atoms with E-state index in [1.54, 1.807) is 14.2 Å². The molecule has 5 heteroatoms. The summed E-state index contributed by atoms with van der Waals surface area (Å²) in [7, 11) is 3.40. The van der Waals surface area contributed by atoms with Gasteiger partial charge in [0.25, 0.3) is 0 Å². The van der Waals surface area contributed by atoms with Crippen molar-refractivity contribution in [3.05, 3.63) is 134 Å². The molecule has 254 valence electrons. The van der Waals surface area contributed by atoms with Gasteiger partial charge in [-0.25, -0.2) is 0 Å². The minimum Gasteiger partial charge on any atom is -1.00 e. The zero-order valence-corrected chi connectivity index (χ0v) is 32.8. The van der Waals surface area contributed by atoms with E-state index in [-0.39, 0.29) is 51.0 Å². The molecule has 0 saturated carbocycles. The molecule has 0 heterocycles. The van der Waals surface area contributed by atoms with E-state index < -0.39 is 0 Å². The van der Waals surface area contributed by atoms with Crippen molar-refractivity contribution in [3.8, 4) is 33.8 Å².